The third-order valence-electron chi connectivity index (χ3n) is 4.00. The highest BCUT2D eigenvalue weighted by Crippen LogP contribution is 2.23. The third kappa shape index (κ3) is 5.82. The number of ketones is 1. The van der Waals surface area contributed by atoms with Crippen molar-refractivity contribution in [1.82, 2.24) is 5.32 Å². The van der Waals surface area contributed by atoms with Gasteiger partial charge in [0.1, 0.15) is 5.75 Å². The molecule has 7 heteroatoms. The number of hydrogen-bond acceptors (Lipinski definition) is 4. The maximum Gasteiger partial charge on any atom is 0.258 e. The highest BCUT2D eigenvalue weighted by molar-refractivity contribution is 6.31. The Kier molecular flexibility index (Phi) is 6.96. The number of benzene rings is 2. The Morgan fingerprint density at radius 1 is 1.07 bits per heavy atom. The Bertz CT molecular complexity index is 880. The molecule has 2 N–H and O–H groups in total. The van der Waals surface area contributed by atoms with Crippen LogP contribution in [0, 0.1) is 13.8 Å². The highest BCUT2D eigenvalue weighted by Gasteiger charge is 2.12. The van der Waals surface area contributed by atoms with E-state index in [1.807, 2.05) is 26.0 Å². The topological polar surface area (TPSA) is 84.5 Å². The fraction of sp³-hybridized carbons (Fsp3) is 0.250. The molecule has 0 atom stereocenters. The van der Waals surface area contributed by atoms with Gasteiger partial charge in [-0.3, -0.25) is 14.4 Å². The molecule has 0 aromatic heterocycles. The zero-order chi connectivity index (χ0) is 20.0. The van der Waals surface area contributed by atoms with E-state index < -0.39 is 5.91 Å². The molecule has 0 bridgehead atoms. The lowest BCUT2D eigenvalue weighted by Gasteiger charge is -2.12. The first-order chi connectivity index (χ1) is 12.8. The summed E-state index contributed by atoms with van der Waals surface area (Å²) in [5, 5.41) is 5.64. The molecule has 6 nitrogen and oxygen atoms in total. The second-order valence-corrected chi connectivity index (χ2v) is 6.49. The van der Waals surface area contributed by atoms with Gasteiger partial charge in [-0.25, -0.2) is 0 Å². The first-order valence-corrected chi connectivity index (χ1v) is 8.71. The van der Waals surface area contributed by atoms with Crippen LogP contribution in [0.15, 0.2) is 36.4 Å². The molecule has 0 aliphatic carbocycles. The van der Waals surface area contributed by atoms with Crippen molar-refractivity contribution in [3.05, 3.63) is 58.1 Å². The molecule has 0 spiro atoms. The molecule has 2 aromatic rings. The standard InChI is InChI=1S/C20H21ClN2O4/c1-12-5-4-6-17(13(12)2)23-19(25)10-22-20(26)11-27-18-8-7-15(21)9-16(18)14(3)24/h4-9H,10-11H2,1-3H3,(H,22,26)(H,23,25). The van der Waals surface area contributed by atoms with Crippen molar-refractivity contribution >= 4 is 34.9 Å². The molecule has 0 unspecified atom stereocenters. The minimum absolute atomic E-state index is 0.185. The van der Waals surface area contributed by atoms with Gasteiger partial charge in [-0.2, -0.15) is 0 Å². The maximum absolute atomic E-state index is 12.0. The quantitative estimate of drug-likeness (QED) is 0.713. The molecule has 0 fully saturated rings. The van der Waals surface area contributed by atoms with Gasteiger partial charge in [0.05, 0.1) is 12.1 Å². The van der Waals surface area contributed by atoms with Crippen molar-refractivity contribution in [3.8, 4) is 5.75 Å². The predicted molar refractivity (Wildman–Crippen MR) is 105 cm³/mol. The van der Waals surface area contributed by atoms with Crippen LogP contribution in [0.2, 0.25) is 5.02 Å². The molecule has 2 rings (SSSR count). The lowest BCUT2D eigenvalue weighted by Crippen LogP contribution is -2.36. The van der Waals surface area contributed by atoms with Gasteiger partial charge in [0.2, 0.25) is 5.91 Å². The number of rotatable bonds is 7. The Morgan fingerprint density at radius 2 is 1.81 bits per heavy atom. The van der Waals surface area contributed by atoms with Crippen LogP contribution in [0.3, 0.4) is 0 Å². The SMILES string of the molecule is CC(=O)c1cc(Cl)ccc1OCC(=O)NCC(=O)Nc1cccc(C)c1C. The molecule has 0 heterocycles. The molecule has 0 saturated carbocycles. The lowest BCUT2D eigenvalue weighted by molar-refractivity contribution is -0.125. The van der Waals surface area contributed by atoms with Crippen LogP contribution >= 0.6 is 11.6 Å². The summed E-state index contributed by atoms with van der Waals surface area (Å²) >= 11 is 5.86. The molecule has 0 aliphatic rings. The molecule has 2 aromatic carbocycles. The largest absolute Gasteiger partial charge is 0.483 e. The minimum atomic E-state index is -0.476. The van der Waals surface area contributed by atoms with E-state index in [0.717, 1.165) is 11.1 Å². The fourth-order valence-electron chi connectivity index (χ4n) is 2.36. The molecule has 142 valence electrons. The number of aryl methyl sites for hydroxylation is 1. The summed E-state index contributed by atoms with van der Waals surface area (Å²) in [5.74, 6) is -0.772. The summed E-state index contributed by atoms with van der Waals surface area (Å²) in [5.41, 5.74) is 3.04. The molecule has 0 aliphatic heterocycles. The van der Waals surface area contributed by atoms with Gasteiger partial charge in [-0.1, -0.05) is 23.7 Å². The zero-order valence-corrected chi connectivity index (χ0v) is 16.1. The Hall–Kier alpha value is -2.86. The van der Waals surface area contributed by atoms with Crippen LogP contribution < -0.4 is 15.4 Å². The number of Topliss-reactive ketones (excluding diaryl/α,β-unsaturated/α-hetero) is 1. The van der Waals surface area contributed by atoms with Gasteiger partial charge in [-0.05, 0) is 56.2 Å². The number of carbonyl (C=O) groups excluding carboxylic acids is 3. The summed E-state index contributed by atoms with van der Waals surface area (Å²) in [6.45, 7) is 4.75. The molecular weight excluding hydrogens is 368 g/mol. The van der Waals surface area contributed by atoms with E-state index >= 15 is 0 Å². The van der Waals surface area contributed by atoms with Crippen LogP contribution in [-0.2, 0) is 9.59 Å². The van der Waals surface area contributed by atoms with Crippen molar-refractivity contribution in [1.29, 1.82) is 0 Å². The smallest absolute Gasteiger partial charge is 0.258 e. The normalized spacial score (nSPS) is 10.2. The van der Waals surface area contributed by atoms with E-state index in [1.54, 1.807) is 12.1 Å². The highest BCUT2D eigenvalue weighted by atomic mass is 35.5. The fourth-order valence-corrected chi connectivity index (χ4v) is 2.53. The maximum atomic E-state index is 12.0. The number of amides is 2. The first-order valence-electron chi connectivity index (χ1n) is 8.34. The molecule has 0 radical (unpaired) electrons. The van der Waals surface area contributed by atoms with Crippen molar-refractivity contribution in [3.63, 3.8) is 0 Å². The molecule has 0 saturated heterocycles. The predicted octanol–water partition coefficient (Wildman–Crippen LogP) is 3.29. The first kappa shape index (κ1) is 20.5. The van der Waals surface area contributed by atoms with Crippen molar-refractivity contribution < 1.29 is 19.1 Å². The number of ether oxygens (including phenoxy) is 1. The van der Waals surface area contributed by atoms with Crippen LogP contribution in [0.5, 0.6) is 5.75 Å². The van der Waals surface area contributed by atoms with Gasteiger partial charge in [0.15, 0.2) is 12.4 Å². The summed E-state index contributed by atoms with van der Waals surface area (Å²) in [6.07, 6.45) is 0. The number of hydrogen-bond donors (Lipinski definition) is 2. The minimum Gasteiger partial charge on any atom is -0.483 e. The Labute approximate surface area is 162 Å². The number of nitrogens with one attached hydrogen (secondary N) is 2. The second-order valence-electron chi connectivity index (χ2n) is 6.06. The Balaban J connectivity index is 1.85. The monoisotopic (exact) mass is 388 g/mol. The van der Waals surface area contributed by atoms with Gasteiger partial charge in [0, 0.05) is 10.7 Å². The van der Waals surface area contributed by atoms with Crippen molar-refractivity contribution in [2.24, 2.45) is 0 Å². The number of anilines is 1. The van der Waals surface area contributed by atoms with Crippen molar-refractivity contribution in [2.75, 3.05) is 18.5 Å². The molecular formula is C20H21ClN2O4. The summed E-state index contributed by atoms with van der Waals surface area (Å²) in [4.78, 5) is 35.5. The van der Waals surface area contributed by atoms with Gasteiger partial charge < -0.3 is 15.4 Å². The van der Waals surface area contributed by atoms with E-state index in [0.29, 0.717) is 16.3 Å². The van der Waals surface area contributed by atoms with E-state index in [-0.39, 0.29) is 30.6 Å². The summed E-state index contributed by atoms with van der Waals surface area (Å²) in [7, 11) is 0. The van der Waals surface area contributed by atoms with Gasteiger partial charge in [0.25, 0.3) is 5.91 Å². The van der Waals surface area contributed by atoms with E-state index in [1.165, 1.54) is 19.1 Å². The van der Waals surface area contributed by atoms with Crippen LogP contribution in [-0.4, -0.2) is 30.7 Å². The summed E-state index contributed by atoms with van der Waals surface area (Å²) in [6, 6.07) is 10.2. The van der Waals surface area contributed by atoms with E-state index in [2.05, 4.69) is 10.6 Å². The van der Waals surface area contributed by atoms with Crippen LogP contribution in [0.1, 0.15) is 28.4 Å². The number of halogens is 1. The van der Waals surface area contributed by atoms with E-state index in [9.17, 15) is 14.4 Å². The Morgan fingerprint density at radius 3 is 2.52 bits per heavy atom. The number of carbonyl (C=O) groups is 3. The lowest BCUT2D eigenvalue weighted by atomic mass is 10.1. The van der Waals surface area contributed by atoms with Crippen LogP contribution in [0.25, 0.3) is 0 Å². The summed E-state index contributed by atoms with van der Waals surface area (Å²) < 4.78 is 5.38. The van der Waals surface area contributed by atoms with Crippen LogP contribution in [0.4, 0.5) is 5.69 Å². The van der Waals surface area contributed by atoms with Gasteiger partial charge >= 0.3 is 0 Å². The molecule has 2 amide bonds. The van der Waals surface area contributed by atoms with E-state index in [4.69, 9.17) is 16.3 Å². The van der Waals surface area contributed by atoms with Crippen molar-refractivity contribution in [2.45, 2.75) is 20.8 Å². The zero-order valence-electron chi connectivity index (χ0n) is 15.4. The average molecular weight is 389 g/mol. The third-order valence-corrected chi connectivity index (χ3v) is 4.24. The van der Waals surface area contributed by atoms with Gasteiger partial charge in [-0.15, -0.1) is 0 Å². The molecule has 27 heavy (non-hydrogen) atoms. The second kappa shape index (κ2) is 9.19. The average Bonchev–Trinajstić information content (AvgIpc) is 2.62.